The van der Waals surface area contributed by atoms with E-state index in [1.165, 1.54) is 38.5 Å². The molecule has 0 nitrogen and oxygen atoms in total. The minimum atomic E-state index is 0. The van der Waals surface area contributed by atoms with Crippen LogP contribution < -0.4 is 17.0 Å². The normalized spacial score (nSPS) is 15.0. The SMILES string of the molecule is C1CCCCC1.[Br-].[CH2-]C.[Mg+2]. The van der Waals surface area contributed by atoms with Crippen molar-refractivity contribution in [2.45, 2.75) is 45.4 Å². The molecular weight excluding hydrogens is 200 g/mol. The zero-order valence-electron chi connectivity index (χ0n) is 7.03. The van der Waals surface area contributed by atoms with Gasteiger partial charge in [0, 0.05) is 0 Å². The summed E-state index contributed by atoms with van der Waals surface area (Å²) in [7, 11) is 0. The van der Waals surface area contributed by atoms with Crippen LogP contribution in [0.15, 0.2) is 0 Å². The van der Waals surface area contributed by atoms with Crippen LogP contribution in [0.1, 0.15) is 45.4 Å². The maximum absolute atomic E-state index is 3.25. The minimum Gasteiger partial charge on any atom is -1.00 e. The molecule has 0 radical (unpaired) electrons. The van der Waals surface area contributed by atoms with Gasteiger partial charge in [0.1, 0.15) is 0 Å². The maximum atomic E-state index is 3.25. The fourth-order valence-electron chi connectivity index (χ4n) is 1.06. The third-order valence-electron chi connectivity index (χ3n) is 1.50. The van der Waals surface area contributed by atoms with Crippen molar-refractivity contribution < 1.29 is 17.0 Å². The molecule has 58 valence electrons. The summed E-state index contributed by atoms with van der Waals surface area (Å²) in [6.07, 6.45) is 9.00. The second-order valence-corrected chi connectivity index (χ2v) is 2.12. The molecule has 2 heteroatoms. The van der Waals surface area contributed by atoms with E-state index < -0.39 is 0 Å². The Labute approximate surface area is 92.1 Å². The topological polar surface area (TPSA) is 0 Å². The molecular formula is C8H17BrMg. The molecule has 0 atom stereocenters. The molecule has 0 heterocycles. The Hall–Kier alpha value is 1.25. The van der Waals surface area contributed by atoms with Gasteiger partial charge in [-0.1, -0.05) is 38.5 Å². The molecule has 1 saturated carbocycles. The standard InChI is InChI=1S/C6H12.C2H5.BrH.Mg/c1-2-4-6-5-3-1;1-2;;/h1-6H2;1H2,2H3;1H;/q;-1;;+2/p-1. The Morgan fingerprint density at radius 1 is 0.700 bits per heavy atom. The summed E-state index contributed by atoms with van der Waals surface area (Å²) in [5, 5.41) is 0. The monoisotopic (exact) mass is 216 g/mol. The molecule has 0 aliphatic heterocycles. The molecule has 0 aromatic heterocycles. The summed E-state index contributed by atoms with van der Waals surface area (Å²) in [6, 6.07) is 0. The van der Waals surface area contributed by atoms with E-state index in [-0.39, 0.29) is 40.0 Å². The number of hydrogen-bond donors (Lipinski definition) is 0. The molecule has 0 aromatic rings. The molecule has 1 fully saturated rings. The van der Waals surface area contributed by atoms with Gasteiger partial charge in [0.15, 0.2) is 0 Å². The first-order chi connectivity index (χ1) is 4.00. The third kappa shape index (κ3) is 12.0. The van der Waals surface area contributed by atoms with Crippen molar-refractivity contribution in [3.05, 3.63) is 6.92 Å². The van der Waals surface area contributed by atoms with Gasteiger partial charge in [0.25, 0.3) is 0 Å². The molecule has 0 N–H and O–H groups in total. The largest absolute Gasteiger partial charge is 2.00 e. The first-order valence-electron chi connectivity index (χ1n) is 3.71. The molecule has 0 saturated heterocycles. The second-order valence-electron chi connectivity index (χ2n) is 2.12. The van der Waals surface area contributed by atoms with Crippen LogP contribution in [-0.4, -0.2) is 23.1 Å². The van der Waals surface area contributed by atoms with Gasteiger partial charge in [-0.3, -0.25) is 0 Å². The van der Waals surface area contributed by atoms with Gasteiger partial charge in [-0.15, -0.1) is 0 Å². The summed E-state index contributed by atoms with van der Waals surface area (Å²) < 4.78 is 0. The van der Waals surface area contributed by atoms with Crippen molar-refractivity contribution in [2.75, 3.05) is 0 Å². The molecule has 0 spiro atoms. The second kappa shape index (κ2) is 16.7. The summed E-state index contributed by atoms with van der Waals surface area (Å²) in [4.78, 5) is 0. The van der Waals surface area contributed by atoms with E-state index in [9.17, 15) is 0 Å². The van der Waals surface area contributed by atoms with Crippen molar-refractivity contribution in [3.63, 3.8) is 0 Å². The van der Waals surface area contributed by atoms with Gasteiger partial charge in [0.2, 0.25) is 0 Å². The van der Waals surface area contributed by atoms with Gasteiger partial charge in [-0.05, 0) is 0 Å². The Bertz CT molecular complexity index is 24.7. The van der Waals surface area contributed by atoms with Gasteiger partial charge in [-0.2, -0.15) is 6.92 Å². The number of halogens is 1. The van der Waals surface area contributed by atoms with Crippen LogP contribution in [0.5, 0.6) is 0 Å². The third-order valence-corrected chi connectivity index (χ3v) is 1.50. The van der Waals surface area contributed by atoms with E-state index in [0.29, 0.717) is 0 Å². The van der Waals surface area contributed by atoms with E-state index in [0.717, 1.165) is 0 Å². The predicted molar refractivity (Wildman–Crippen MR) is 44.5 cm³/mol. The van der Waals surface area contributed by atoms with Crippen molar-refractivity contribution in [1.82, 2.24) is 0 Å². The van der Waals surface area contributed by atoms with Gasteiger partial charge in [0.05, 0.1) is 0 Å². The van der Waals surface area contributed by atoms with E-state index in [2.05, 4.69) is 6.92 Å². The van der Waals surface area contributed by atoms with Gasteiger partial charge in [-0.25, -0.2) is 0 Å². The smallest absolute Gasteiger partial charge is 1.00 e. The van der Waals surface area contributed by atoms with Crippen molar-refractivity contribution in [3.8, 4) is 0 Å². The molecule has 0 amide bonds. The average Bonchev–Trinajstić information content (AvgIpc) is 1.96. The first kappa shape index (κ1) is 17.4. The zero-order chi connectivity index (χ0) is 6.24. The van der Waals surface area contributed by atoms with Gasteiger partial charge >= 0.3 is 23.1 Å². The molecule has 1 aliphatic carbocycles. The van der Waals surface area contributed by atoms with Crippen molar-refractivity contribution in [2.24, 2.45) is 0 Å². The summed E-state index contributed by atoms with van der Waals surface area (Å²) in [5.41, 5.74) is 0. The van der Waals surface area contributed by atoms with Crippen LogP contribution in [0.3, 0.4) is 0 Å². The molecule has 0 bridgehead atoms. The number of hydrogen-bond acceptors (Lipinski definition) is 0. The van der Waals surface area contributed by atoms with Crippen molar-refractivity contribution >= 4 is 23.1 Å². The summed E-state index contributed by atoms with van der Waals surface area (Å²) >= 11 is 0. The quantitative estimate of drug-likeness (QED) is 0.390. The zero-order valence-corrected chi connectivity index (χ0v) is 10.0. The fraction of sp³-hybridized carbons (Fsp3) is 0.875. The van der Waals surface area contributed by atoms with Crippen LogP contribution in [-0.2, 0) is 0 Å². The maximum Gasteiger partial charge on any atom is 2.00 e. The van der Waals surface area contributed by atoms with Crippen LogP contribution in [0.4, 0.5) is 0 Å². The van der Waals surface area contributed by atoms with E-state index >= 15 is 0 Å². The van der Waals surface area contributed by atoms with Gasteiger partial charge < -0.3 is 23.9 Å². The molecule has 1 aliphatic rings. The summed E-state index contributed by atoms with van der Waals surface area (Å²) in [5.74, 6) is 0. The Balaban J connectivity index is -0.000000114. The molecule has 0 unspecified atom stereocenters. The van der Waals surface area contributed by atoms with E-state index in [4.69, 9.17) is 0 Å². The molecule has 0 aromatic carbocycles. The Morgan fingerprint density at radius 2 is 0.800 bits per heavy atom. The minimum absolute atomic E-state index is 0. The van der Waals surface area contributed by atoms with Crippen LogP contribution in [0.25, 0.3) is 0 Å². The van der Waals surface area contributed by atoms with E-state index in [1.807, 2.05) is 0 Å². The van der Waals surface area contributed by atoms with Crippen LogP contribution in [0.2, 0.25) is 0 Å². The van der Waals surface area contributed by atoms with Crippen LogP contribution >= 0.6 is 0 Å². The van der Waals surface area contributed by atoms with E-state index in [1.54, 1.807) is 6.92 Å². The Morgan fingerprint density at radius 3 is 0.900 bits per heavy atom. The average molecular weight is 217 g/mol. The molecule has 10 heavy (non-hydrogen) atoms. The number of rotatable bonds is 0. The Kier molecular flexibility index (Phi) is 29.0. The fourth-order valence-corrected chi connectivity index (χ4v) is 1.06. The predicted octanol–water partition coefficient (Wildman–Crippen LogP) is -0.196. The van der Waals surface area contributed by atoms with Crippen molar-refractivity contribution in [1.29, 1.82) is 0 Å². The summed E-state index contributed by atoms with van der Waals surface area (Å²) in [6.45, 7) is 5.00. The first-order valence-corrected chi connectivity index (χ1v) is 3.71. The van der Waals surface area contributed by atoms with Crippen LogP contribution in [0, 0.1) is 6.92 Å². The molecule has 1 rings (SSSR count).